The van der Waals surface area contributed by atoms with E-state index in [9.17, 15) is 14.7 Å². The first-order chi connectivity index (χ1) is 12.3. The van der Waals surface area contributed by atoms with Crippen LogP contribution in [-0.4, -0.2) is 59.3 Å². The maximum absolute atomic E-state index is 12.4. The van der Waals surface area contributed by atoms with Crippen molar-refractivity contribution in [2.75, 3.05) is 31.1 Å². The normalized spacial score (nSPS) is 24.7. The second-order valence-electron chi connectivity index (χ2n) is 8.01. The number of morpholine rings is 1. The van der Waals surface area contributed by atoms with Crippen LogP contribution < -0.4 is 4.90 Å². The van der Waals surface area contributed by atoms with E-state index in [4.69, 9.17) is 4.74 Å². The van der Waals surface area contributed by atoms with Crippen molar-refractivity contribution in [2.24, 2.45) is 0 Å². The molecule has 1 aromatic rings. The van der Waals surface area contributed by atoms with Crippen LogP contribution in [0.2, 0.25) is 0 Å². The van der Waals surface area contributed by atoms with Gasteiger partial charge in [-0.05, 0) is 45.2 Å². The van der Waals surface area contributed by atoms with E-state index >= 15 is 0 Å². The lowest BCUT2D eigenvalue weighted by atomic mass is 9.92. The minimum absolute atomic E-state index is 0.0265. The van der Waals surface area contributed by atoms with Gasteiger partial charge in [0, 0.05) is 18.8 Å². The average Bonchev–Trinajstić information content (AvgIpc) is 2.79. The Bertz CT molecular complexity index is 656. The zero-order valence-corrected chi connectivity index (χ0v) is 15.6. The molecule has 6 heteroatoms. The van der Waals surface area contributed by atoms with Gasteiger partial charge < -0.3 is 19.6 Å². The molecular formula is C20H28N2O4. The van der Waals surface area contributed by atoms with Crippen LogP contribution >= 0.6 is 0 Å². The largest absolute Gasteiger partial charge is 0.390 e. The first kappa shape index (κ1) is 18.9. The lowest BCUT2D eigenvalue weighted by Gasteiger charge is -2.42. The number of ether oxygens (including phenoxy) is 1. The zero-order chi connectivity index (χ0) is 18.8. The van der Waals surface area contributed by atoms with Crippen LogP contribution in [0.3, 0.4) is 0 Å². The van der Waals surface area contributed by atoms with Gasteiger partial charge in [0.15, 0.2) is 0 Å². The molecule has 1 spiro atoms. The Kier molecular flexibility index (Phi) is 5.34. The van der Waals surface area contributed by atoms with Gasteiger partial charge in [-0.3, -0.25) is 9.59 Å². The molecule has 0 aromatic heterocycles. The molecule has 1 atom stereocenters. The van der Waals surface area contributed by atoms with Crippen molar-refractivity contribution in [2.45, 2.75) is 50.7 Å². The zero-order valence-electron chi connectivity index (χ0n) is 15.6. The third-order valence-corrected chi connectivity index (χ3v) is 5.15. The Labute approximate surface area is 154 Å². The fourth-order valence-electron chi connectivity index (χ4n) is 3.76. The van der Waals surface area contributed by atoms with Gasteiger partial charge in [-0.2, -0.15) is 0 Å². The highest BCUT2D eigenvalue weighted by atomic mass is 16.5. The molecule has 2 amide bonds. The average molecular weight is 360 g/mol. The number of aliphatic hydroxyl groups is 1. The van der Waals surface area contributed by atoms with E-state index in [2.05, 4.69) is 0 Å². The highest BCUT2D eigenvalue weighted by molar-refractivity contribution is 5.95. The summed E-state index contributed by atoms with van der Waals surface area (Å²) in [5.41, 5.74) is -0.522. The first-order valence-electron chi connectivity index (χ1n) is 9.28. The van der Waals surface area contributed by atoms with Crippen molar-refractivity contribution >= 4 is 17.5 Å². The third-order valence-electron chi connectivity index (χ3n) is 5.15. The third kappa shape index (κ3) is 4.43. The molecule has 2 aliphatic rings. The molecule has 3 rings (SSSR count). The predicted octanol–water partition coefficient (Wildman–Crippen LogP) is 1.96. The quantitative estimate of drug-likeness (QED) is 0.895. The molecule has 0 aliphatic carbocycles. The number of hydrogen-bond donors (Lipinski definition) is 1. The van der Waals surface area contributed by atoms with Gasteiger partial charge in [0.05, 0.1) is 24.2 Å². The van der Waals surface area contributed by atoms with Gasteiger partial charge in [0.25, 0.3) is 5.91 Å². The molecule has 0 radical (unpaired) electrons. The molecule has 2 aliphatic heterocycles. The summed E-state index contributed by atoms with van der Waals surface area (Å²) in [7, 11) is 0. The van der Waals surface area contributed by atoms with Gasteiger partial charge in [-0.1, -0.05) is 18.2 Å². The number of anilines is 1. The maximum atomic E-state index is 12.4. The fourth-order valence-corrected chi connectivity index (χ4v) is 3.76. The van der Waals surface area contributed by atoms with E-state index in [1.54, 1.807) is 18.7 Å². The molecule has 1 aromatic carbocycles. The lowest BCUT2D eigenvalue weighted by molar-refractivity contribution is -0.141. The number of rotatable bonds is 3. The topological polar surface area (TPSA) is 70.1 Å². The van der Waals surface area contributed by atoms with Gasteiger partial charge >= 0.3 is 0 Å². The number of amides is 2. The summed E-state index contributed by atoms with van der Waals surface area (Å²) in [5, 5.41) is 9.90. The van der Waals surface area contributed by atoms with E-state index in [0.29, 0.717) is 26.1 Å². The SMILES string of the molecule is CC(C)(O)CC(=O)N1CCCC2(CC1)CN(c1ccccc1)C(=O)CO2. The van der Waals surface area contributed by atoms with E-state index in [1.165, 1.54) is 0 Å². The Morgan fingerprint density at radius 1 is 1.23 bits per heavy atom. The number of carbonyl (C=O) groups is 2. The van der Waals surface area contributed by atoms with Crippen LogP contribution in [0.5, 0.6) is 0 Å². The van der Waals surface area contributed by atoms with Gasteiger partial charge in [0.2, 0.25) is 5.91 Å². The molecule has 26 heavy (non-hydrogen) atoms. The standard InChI is InChI=1S/C20H28N2O4/c1-19(2,25)13-17(23)21-11-6-9-20(10-12-21)15-22(18(24)14-26-20)16-7-4-3-5-8-16/h3-5,7-8,25H,6,9-15H2,1-2H3. The Morgan fingerprint density at radius 2 is 1.96 bits per heavy atom. The number of hydrogen-bond acceptors (Lipinski definition) is 4. The molecule has 6 nitrogen and oxygen atoms in total. The van der Waals surface area contributed by atoms with Crippen LogP contribution in [0.15, 0.2) is 30.3 Å². The second kappa shape index (κ2) is 7.37. The maximum Gasteiger partial charge on any atom is 0.253 e. The van der Waals surface area contributed by atoms with Crippen LogP contribution in [0, 0.1) is 0 Å². The lowest BCUT2D eigenvalue weighted by Crippen LogP contribution is -2.55. The Balaban J connectivity index is 1.69. The first-order valence-corrected chi connectivity index (χ1v) is 9.28. The smallest absolute Gasteiger partial charge is 0.253 e. The summed E-state index contributed by atoms with van der Waals surface area (Å²) >= 11 is 0. The monoisotopic (exact) mass is 360 g/mol. The van der Waals surface area contributed by atoms with Crippen LogP contribution in [-0.2, 0) is 14.3 Å². The molecule has 2 saturated heterocycles. The van der Waals surface area contributed by atoms with Crippen molar-refractivity contribution in [3.05, 3.63) is 30.3 Å². The predicted molar refractivity (Wildman–Crippen MR) is 98.8 cm³/mol. The summed E-state index contributed by atoms with van der Waals surface area (Å²) in [6.07, 6.45) is 2.46. The van der Waals surface area contributed by atoms with Crippen molar-refractivity contribution in [1.82, 2.24) is 4.90 Å². The summed E-state index contributed by atoms with van der Waals surface area (Å²) in [4.78, 5) is 28.4. The number of para-hydroxylation sites is 1. The summed E-state index contributed by atoms with van der Waals surface area (Å²) in [5.74, 6) is -0.0533. The number of likely N-dealkylation sites (tertiary alicyclic amines) is 1. The van der Waals surface area contributed by atoms with Crippen molar-refractivity contribution in [1.29, 1.82) is 0 Å². The fraction of sp³-hybridized carbons (Fsp3) is 0.600. The van der Waals surface area contributed by atoms with Crippen LogP contribution in [0.25, 0.3) is 0 Å². The highest BCUT2D eigenvalue weighted by Crippen LogP contribution is 2.33. The minimum atomic E-state index is -1.00. The van der Waals surface area contributed by atoms with Crippen molar-refractivity contribution in [3.8, 4) is 0 Å². The Hall–Kier alpha value is -1.92. The van der Waals surface area contributed by atoms with E-state index < -0.39 is 11.2 Å². The van der Waals surface area contributed by atoms with Gasteiger partial charge in [0.1, 0.15) is 6.61 Å². The summed E-state index contributed by atoms with van der Waals surface area (Å²) in [6.45, 7) is 5.15. The van der Waals surface area contributed by atoms with Crippen LogP contribution in [0.4, 0.5) is 5.69 Å². The minimum Gasteiger partial charge on any atom is -0.390 e. The van der Waals surface area contributed by atoms with E-state index in [0.717, 1.165) is 18.5 Å². The van der Waals surface area contributed by atoms with Crippen LogP contribution in [0.1, 0.15) is 39.5 Å². The number of carbonyl (C=O) groups excluding carboxylic acids is 2. The molecule has 0 bridgehead atoms. The van der Waals surface area contributed by atoms with Gasteiger partial charge in [-0.15, -0.1) is 0 Å². The number of nitrogens with zero attached hydrogens (tertiary/aromatic N) is 2. The summed E-state index contributed by atoms with van der Waals surface area (Å²) in [6, 6.07) is 9.66. The van der Waals surface area contributed by atoms with E-state index in [-0.39, 0.29) is 24.8 Å². The van der Waals surface area contributed by atoms with Gasteiger partial charge in [-0.25, -0.2) is 0 Å². The molecule has 142 valence electrons. The number of benzene rings is 1. The molecule has 2 heterocycles. The molecule has 0 saturated carbocycles. The molecule has 1 N–H and O–H groups in total. The molecular weight excluding hydrogens is 332 g/mol. The summed E-state index contributed by atoms with van der Waals surface area (Å²) < 4.78 is 6.00. The Morgan fingerprint density at radius 3 is 2.65 bits per heavy atom. The second-order valence-corrected chi connectivity index (χ2v) is 8.01. The molecule has 1 unspecified atom stereocenters. The molecule has 2 fully saturated rings. The van der Waals surface area contributed by atoms with Crippen molar-refractivity contribution in [3.63, 3.8) is 0 Å². The van der Waals surface area contributed by atoms with Crippen molar-refractivity contribution < 1.29 is 19.4 Å². The highest BCUT2D eigenvalue weighted by Gasteiger charge is 2.42. The van der Waals surface area contributed by atoms with E-state index in [1.807, 2.05) is 35.2 Å².